The molecule has 2 N–H and O–H groups in total. The minimum atomic E-state index is -0.252. The summed E-state index contributed by atoms with van der Waals surface area (Å²) in [6.07, 6.45) is 11.9. The van der Waals surface area contributed by atoms with Gasteiger partial charge in [-0.2, -0.15) is 0 Å². The summed E-state index contributed by atoms with van der Waals surface area (Å²) in [7, 11) is 0. The standard InChI is InChI=1S/C27H47BrO2/c1-16(2)7-6-8-17(3)19-9-10-20-23-21(12-14-26(19,20)4)27(5)13-11-18(29)15-22(27)24(28)25(23)30/h16-25,29-30H,6-15H2,1-5H3/t17-,18-,19+,20-,21-,22-,23+,24-,25+,26-,27-/m1/s1. The molecule has 0 bridgehead atoms. The van der Waals surface area contributed by atoms with Crippen LogP contribution >= 0.6 is 15.9 Å². The van der Waals surface area contributed by atoms with Gasteiger partial charge < -0.3 is 10.2 Å². The Morgan fingerprint density at radius 1 is 0.867 bits per heavy atom. The van der Waals surface area contributed by atoms with Gasteiger partial charge in [-0.1, -0.05) is 69.8 Å². The third-order valence-electron chi connectivity index (χ3n) is 10.9. The van der Waals surface area contributed by atoms with Crippen LogP contribution in [0.4, 0.5) is 0 Å². The Kier molecular flexibility index (Phi) is 6.78. The monoisotopic (exact) mass is 482 g/mol. The van der Waals surface area contributed by atoms with E-state index in [1.54, 1.807) is 0 Å². The van der Waals surface area contributed by atoms with Crippen molar-refractivity contribution in [1.29, 1.82) is 0 Å². The summed E-state index contributed by atoms with van der Waals surface area (Å²) >= 11 is 3.97. The summed E-state index contributed by atoms with van der Waals surface area (Å²) in [6.45, 7) is 12.3. The van der Waals surface area contributed by atoms with E-state index in [0.717, 1.165) is 37.0 Å². The minimum Gasteiger partial charge on any atom is -0.393 e. The summed E-state index contributed by atoms with van der Waals surface area (Å²) in [5.41, 5.74) is 0.684. The van der Waals surface area contributed by atoms with Crippen molar-refractivity contribution >= 4 is 15.9 Å². The Balaban J connectivity index is 1.54. The second-order valence-corrected chi connectivity index (χ2v) is 13.9. The molecule has 0 radical (unpaired) electrons. The molecule has 0 aromatic carbocycles. The van der Waals surface area contributed by atoms with Crippen molar-refractivity contribution in [1.82, 2.24) is 0 Å². The van der Waals surface area contributed by atoms with Gasteiger partial charge >= 0.3 is 0 Å². The minimum absolute atomic E-state index is 0.142. The molecule has 4 saturated carbocycles. The number of alkyl halides is 1. The Hall–Kier alpha value is 0.400. The lowest BCUT2D eigenvalue weighted by Gasteiger charge is -2.63. The van der Waals surface area contributed by atoms with Crippen LogP contribution in [0.5, 0.6) is 0 Å². The lowest BCUT2D eigenvalue weighted by atomic mass is 9.43. The third-order valence-corrected chi connectivity index (χ3v) is 12.1. The lowest BCUT2D eigenvalue weighted by Crippen LogP contribution is -2.62. The molecule has 0 aliphatic heterocycles. The highest BCUT2D eigenvalue weighted by Crippen LogP contribution is 2.69. The smallest absolute Gasteiger partial charge is 0.0701 e. The van der Waals surface area contributed by atoms with E-state index in [1.807, 2.05) is 0 Å². The maximum Gasteiger partial charge on any atom is 0.0701 e. The quantitative estimate of drug-likeness (QED) is 0.422. The molecule has 0 spiro atoms. The van der Waals surface area contributed by atoms with Crippen LogP contribution in [0.3, 0.4) is 0 Å². The van der Waals surface area contributed by atoms with Crippen molar-refractivity contribution in [3.05, 3.63) is 0 Å². The highest BCUT2D eigenvalue weighted by Gasteiger charge is 2.64. The van der Waals surface area contributed by atoms with Crippen molar-refractivity contribution in [2.75, 3.05) is 0 Å². The Morgan fingerprint density at radius 3 is 2.23 bits per heavy atom. The summed E-state index contributed by atoms with van der Waals surface area (Å²) < 4.78 is 0. The van der Waals surface area contributed by atoms with Gasteiger partial charge in [-0.3, -0.25) is 0 Å². The number of rotatable bonds is 5. The zero-order valence-corrected chi connectivity index (χ0v) is 21.7. The van der Waals surface area contributed by atoms with E-state index in [2.05, 4.69) is 50.5 Å². The van der Waals surface area contributed by atoms with Crippen molar-refractivity contribution in [3.8, 4) is 0 Å². The number of aliphatic hydroxyl groups excluding tert-OH is 2. The van der Waals surface area contributed by atoms with Crippen molar-refractivity contribution < 1.29 is 10.2 Å². The molecule has 4 aliphatic rings. The van der Waals surface area contributed by atoms with E-state index in [1.165, 1.54) is 44.9 Å². The predicted octanol–water partition coefficient (Wildman–Crippen LogP) is 6.81. The van der Waals surface area contributed by atoms with Crippen LogP contribution in [0.1, 0.15) is 98.8 Å². The van der Waals surface area contributed by atoms with E-state index in [9.17, 15) is 10.2 Å². The zero-order valence-electron chi connectivity index (χ0n) is 20.1. The maximum atomic E-state index is 11.6. The highest BCUT2D eigenvalue weighted by atomic mass is 79.9. The van der Waals surface area contributed by atoms with Gasteiger partial charge in [-0.15, -0.1) is 0 Å². The van der Waals surface area contributed by atoms with E-state index < -0.39 is 0 Å². The first-order chi connectivity index (χ1) is 14.1. The Bertz CT molecular complexity index is 608. The number of fused-ring (bicyclic) bond motifs is 5. The molecular weight excluding hydrogens is 436 g/mol. The first-order valence-corrected chi connectivity index (χ1v) is 14.0. The van der Waals surface area contributed by atoms with Crippen LogP contribution in [0.2, 0.25) is 0 Å². The average Bonchev–Trinajstić information content (AvgIpc) is 3.04. The van der Waals surface area contributed by atoms with Gasteiger partial charge in [-0.25, -0.2) is 0 Å². The van der Waals surface area contributed by atoms with Crippen LogP contribution in [-0.4, -0.2) is 27.2 Å². The normalized spacial score (nSPS) is 51.9. The van der Waals surface area contributed by atoms with Crippen LogP contribution in [0, 0.1) is 52.3 Å². The lowest BCUT2D eigenvalue weighted by molar-refractivity contribution is -0.169. The van der Waals surface area contributed by atoms with Gasteiger partial charge in [0.15, 0.2) is 0 Å². The molecule has 0 amide bonds. The first kappa shape index (κ1) is 23.6. The van der Waals surface area contributed by atoms with Crippen LogP contribution in [0.15, 0.2) is 0 Å². The van der Waals surface area contributed by atoms with Crippen molar-refractivity contribution in [2.24, 2.45) is 52.3 Å². The SMILES string of the molecule is CC(C)CCC[C@@H](C)[C@@H]1CC[C@@H]2[C@@H]3[C@H](O)[C@H](Br)[C@H]4C[C@H](O)CC[C@]4(C)[C@@H]3CC[C@@]21C. The maximum absolute atomic E-state index is 11.6. The molecule has 4 fully saturated rings. The number of halogens is 1. The largest absolute Gasteiger partial charge is 0.393 e. The van der Waals surface area contributed by atoms with Gasteiger partial charge in [0.2, 0.25) is 0 Å². The summed E-state index contributed by atoms with van der Waals surface area (Å²) in [5.74, 6) is 4.61. The van der Waals surface area contributed by atoms with E-state index in [4.69, 9.17) is 0 Å². The predicted molar refractivity (Wildman–Crippen MR) is 129 cm³/mol. The molecule has 4 rings (SSSR count). The highest BCUT2D eigenvalue weighted by molar-refractivity contribution is 9.09. The molecule has 0 unspecified atom stereocenters. The molecule has 2 nitrogen and oxygen atoms in total. The summed E-state index contributed by atoms with van der Waals surface area (Å²) in [6, 6.07) is 0. The first-order valence-electron chi connectivity index (χ1n) is 13.1. The molecule has 0 heterocycles. The fraction of sp³-hybridized carbons (Fsp3) is 1.00. The Labute approximate surface area is 194 Å². The van der Waals surface area contributed by atoms with E-state index >= 15 is 0 Å². The molecule has 0 aromatic rings. The summed E-state index contributed by atoms with van der Waals surface area (Å²) in [5, 5.41) is 21.9. The summed E-state index contributed by atoms with van der Waals surface area (Å²) in [4.78, 5) is 0.142. The third kappa shape index (κ3) is 3.75. The van der Waals surface area contributed by atoms with Crippen LogP contribution < -0.4 is 0 Å². The fourth-order valence-corrected chi connectivity index (χ4v) is 10.4. The van der Waals surface area contributed by atoms with Crippen molar-refractivity contribution in [2.45, 2.75) is 116 Å². The topological polar surface area (TPSA) is 40.5 Å². The molecule has 30 heavy (non-hydrogen) atoms. The van der Waals surface area contributed by atoms with Gasteiger partial charge in [0.25, 0.3) is 0 Å². The average molecular weight is 484 g/mol. The van der Waals surface area contributed by atoms with Crippen LogP contribution in [-0.2, 0) is 0 Å². The molecular formula is C27H47BrO2. The zero-order chi connectivity index (χ0) is 21.8. The van der Waals surface area contributed by atoms with Gasteiger partial charge in [0.05, 0.1) is 12.2 Å². The molecule has 11 atom stereocenters. The Morgan fingerprint density at radius 2 is 1.53 bits per heavy atom. The molecule has 0 saturated heterocycles. The van der Waals surface area contributed by atoms with Crippen LogP contribution in [0.25, 0.3) is 0 Å². The molecule has 4 aliphatic carbocycles. The number of aliphatic hydroxyl groups is 2. The molecule has 174 valence electrons. The fourth-order valence-electron chi connectivity index (χ4n) is 9.21. The van der Waals surface area contributed by atoms with Crippen molar-refractivity contribution in [3.63, 3.8) is 0 Å². The van der Waals surface area contributed by atoms with Gasteiger partial charge in [0, 0.05) is 4.83 Å². The number of hydrogen-bond acceptors (Lipinski definition) is 2. The molecule has 0 aromatic heterocycles. The second-order valence-electron chi connectivity index (χ2n) is 12.8. The van der Waals surface area contributed by atoms with E-state index in [-0.39, 0.29) is 22.5 Å². The second kappa shape index (κ2) is 8.64. The molecule has 3 heteroatoms. The van der Waals surface area contributed by atoms with Gasteiger partial charge in [0.1, 0.15) is 0 Å². The van der Waals surface area contributed by atoms with Gasteiger partial charge in [-0.05, 0) is 97.2 Å². The number of hydrogen-bond donors (Lipinski definition) is 2. The van der Waals surface area contributed by atoms with E-state index in [0.29, 0.717) is 29.1 Å².